The van der Waals surface area contributed by atoms with Crippen LogP contribution >= 0.6 is 11.3 Å². The predicted octanol–water partition coefficient (Wildman–Crippen LogP) is 2.35. The first-order chi connectivity index (χ1) is 9.34. The molecule has 0 radical (unpaired) electrons. The maximum absolute atomic E-state index is 5.11. The van der Waals surface area contributed by atoms with Crippen molar-refractivity contribution < 1.29 is 4.52 Å². The lowest BCUT2D eigenvalue weighted by molar-refractivity contribution is 0.367. The zero-order valence-corrected chi connectivity index (χ0v) is 11.3. The van der Waals surface area contributed by atoms with Crippen LogP contribution in [0.3, 0.4) is 0 Å². The van der Waals surface area contributed by atoms with E-state index in [4.69, 9.17) is 4.52 Å². The fraction of sp³-hybridized carbons (Fsp3) is 0.231. The van der Waals surface area contributed by atoms with Gasteiger partial charge in [0, 0.05) is 30.4 Å². The molecule has 0 bridgehead atoms. The highest BCUT2D eigenvalue weighted by atomic mass is 32.1. The van der Waals surface area contributed by atoms with E-state index in [2.05, 4.69) is 26.9 Å². The molecule has 0 aromatic carbocycles. The number of rotatable bonds is 5. The van der Waals surface area contributed by atoms with Crippen molar-refractivity contribution in [3.05, 3.63) is 58.6 Å². The zero-order valence-electron chi connectivity index (χ0n) is 10.5. The summed E-state index contributed by atoms with van der Waals surface area (Å²) in [5.41, 5.74) is 0. The third kappa shape index (κ3) is 2.59. The zero-order chi connectivity index (χ0) is 13.1. The van der Waals surface area contributed by atoms with Crippen molar-refractivity contribution >= 4 is 11.3 Å². The maximum atomic E-state index is 5.11. The van der Waals surface area contributed by atoms with Gasteiger partial charge < -0.3 is 9.09 Å². The van der Waals surface area contributed by atoms with E-state index in [-0.39, 0.29) is 6.04 Å². The van der Waals surface area contributed by atoms with Gasteiger partial charge in [-0.3, -0.25) is 5.32 Å². The van der Waals surface area contributed by atoms with Gasteiger partial charge in [0.15, 0.2) is 0 Å². The molecule has 0 aliphatic rings. The fourth-order valence-corrected chi connectivity index (χ4v) is 2.76. The van der Waals surface area contributed by atoms with Gasteiger partial charge in [-0.05, 0) is 11.4 Å². The Hall–Kier alpha value is -1.92. The Morgan fingerprint density at radius 2 is 2.37 bits per heavy atom. The molecule has 0 spiro atoms. The van der Waals surface area contributed by atoms with Crippen LogP contribution in [0.5, 0.6) is 0 Å². The van der Waals surface area contributed by atoms with E-state index in [1.165, 1.54) is 4.88 Å². The normalized spacial score (nSPS) is 12.7. The molecular weight excluding hydrogens is 260 g/mol. The number of aromatic nitrogens is 3. The molecule has 3 heterocycles. The van der Waals surface area contributed by atoms with Crippen LogP contribution in [-0.2, 0) is 13.6 Å². The molecule has 0 fully saturated rings. The van der Waals surface area contributed by atoms with Gasteiger partial charge >= 0.3 is 0 Å². The number of imidazole rings is 1. The molecule has 0 aliphatic carbocycles. The van der Waals surface area contributed by atoms with Gasteiger partial charge in [0.25, 0.3) is 0 Å². The SMILES string of the molecule is Cn1ccnc1C(NCc1ccno1)c1cccs1. The summed E-state index contributed by atoms with van der Waals surface area (Å²) in [6, 6.07) is 6.07. The Labute approximate surface area is 114 Å². The van der Waals surface area contributed by atoms with Gasteiger partial charge in [-0.15, -0.1) is 11.3 Å². The standard InChI is InChI=1S/C13H14N4OS/c1-17-7-6-14-13(17)12(11-3-2-8-19-11)15-9-10-4-5-16-18-10/h2-8,12,15H,9H2,1H3. The van der Waals surface area contributed by atoms with Gasteiger partial charge in [-0.25, -0.2) is 4.98 Å². The number of nitrogens with zero attached hydrogens (tertiary/aromatic N) is 3. The molecule has 19 heavy (non-hydrogen) atoms. The summed E-state index contributed by atoms with van der Waals surface area (Å²) in [4.78, 5) is 5.66. The topological polar surface area (TPSA) is 55.9 Å². The second-order valence-electron chi connectivity index (χ2n) is 4.20. The van der Waals surface area contributed by atoms with Crippen molar-refractivity contribution in [2.45, 2.75) is 12.6 Å². The van der Waals surface area contributed by atoms with Crippen molar-refractivity contribution in [3.63, 3.8) is 0 Å². The molecule has 1 atom stereocenters. The van der Waals surface area contributed by atoms with Crippen molar-refractivity contribution in [2.24, 2.45) is 7.05 Å². The molecule has 3 rings (SSSR count). The van der Waals surface area contributed by atoms with E-state index in [1.807, 2.05) is 36.1 Å². The molecule has 98 valence electrons. The minimum absolute atomic E-state index is 0.0603. The molecule has 6 heteroatoms. The first-order valence-electron chi connectivity index (χ1n) is 5.98. The molecular formula is C13H14N4OS. The largest absolute Gasteiger partial charge is 0.360 e. The minimum Gasteiger partial charge on any atom is -0.360 e. The van der Waals surface area contributed by atoms with Crippen molar-refractivity contribution in [1.29, 1.82) is 0 Å². The predicted molar refractivity (Wildman–Crippen MR) is 72.7 cm³/mol. The van der Waals surface area contributed by atoms with E-state index in [9.17, 15) is 0 Å². The van der Waals surface area contributed by atoms with Crippen LogP contribution in [0.4, 0.5) is 0 Å². The summed E-state index contributed by atoms with van der Waals surface area (Å²) >= 11 is 1.71. The summed E-state index contributed by atoms with van der Waals surface area (Å²) in [6.07, 6.45) is 5.41. The van der Waals surface area contributed by atoms with Gasteiger partial charge in [0.1, 0.15) is 17.6 Å². The lowest BCUT2D eigenvalue weighted by Gasteiger charge is -2.16. The Balaban J connectivity index is 1.83. The highest BCUT2D eigenvalue weighted by Gasteiger charge is 2.19. The monoisotopic (exact) mass is 274 g/mol. The van der Waals surface area contributed by atoms with Crippen LogP contribution < -0.4 is 5.32 Å². The number of hydrogen-bond acceptors (Lipinski definition) is 5. The molecule has 1 unspecified atom stereocenters. The van der Waals surface area contributed by atoms with Crippen molar-refractivity contribution in [1.82, 2.24) is 20.0 Å². The first-order valence-corrected chi connectivity index (χ1v) is 6.86. The maximum Gasteiger partial charge on any atom is 0.150 e. The molecule has 3 aromatic rings. The van der Waals surface area contributed by atoms with Crippen LogP contribution in [-0.4, -0.2) is 14.7 Å². The molecule has 1 N–H and O–H groups in total. The Morgan fingerprint density at radius 1 is 1.42 bits per heavy atom. The number of aryl methyl sites for hydroxylation is 1. The Kier molecular flexibility index (Phi) is 3.43. The number of hydrogen-bond donors (Lipinski definition) is 1. The second-order valence-corrected chi connectivity index (χ2v) is 5.18. The third-order valence-corrected chi connectivity index (χ3v) is 3.85. The van der Waals surface area contributed by atoms with Crippen LogP contribution in [0, 0.1) is 0 Å². The summed E-state index contributed by atoms with van der Waals surface area (Å²) in [7, 11) is 2.00. The van der Waals surface area contributed by atoms with Crippen LogP contribution in [0.25, 0.3) is 0 Å². The highest BCUT2D eigenvalue weighted by molar-refractivity contribution is 7.10. The second kappa shape index (κ2) is 5.38. The average Bonchev–Trinajstić information content (AvgIpc) is 3.13. The van der Waals surface area contributed by atoms with E-state index in [0.717, 1.165) is 11.6 Å². The molecule has 5 nitrogen and oxygen atoms in total. The quantitative estimate of drug-likeness (QED) is 0.776. The van der Waals surface area contributed by atoms with Crippen LogP contribution in [0.15, 0.2) is 46.7 Å². The van der Waals surface area contributed by atoms with E-state index in [1.54, 1.807) is 17.5 Å². The first kappa shape index (κ1) is 12.1. The summed E-state index contributed by atoms with van der Waals surface area (Å²) in [5, 5.41) is 9.24. The summed E-state index contributed by atoms with van der Waals surface area (Å²) in [6.45, 7) is 0.620. The number of nitrogens with one attached hydrogen (secondary N) is 1. The average molecular weight is 274 g/mol. The van der Waals surface area contributed by atoms with Crippen LogP contribution in [0.2, 0.25) is 0 Å². The van der Waals surface area contributed by atoms with Crippen LogP contribution in [0.1, 0.15) is 22.5 Å². The molecule has 3 aromatic heterocycles. The Morgan fingerprint density at radius 3 is 3.00 bits per heavy atom. The minimum atomic E-state index is 0.0603. The van der Waals surface area contributed by atoms with Gasteiger partial charge in [-0.2, -0.15) is 0 Å². The molecule has 0 amide bonds. The molecule has 0 saturated carbocycles. The highest BCUT2D eigenvalue weighted by Crippen LogP contribution is 2.25. The molecule has 0 aliphatic heterocycles. The third-order valence-electron chi connectivity index (χ3n) is 2.92. The van der Waals surface area contributed by atoms with Gasteiger partial charge in [0.05, 0.1) is 12.7 Å². The van der Waals surface area contributed by atoms with E-state index in [0.29, 0.717) is 6.54 Å². The lowest BCUT2D eigenvalue weighted by atomic mass is 10.2. The number of thiophene rings is 1. The summed E-state index contributed by atoms with van der Waals surface area (Å²) < 4.78 is 7.14. The lowest BCUT2D eigenvalue weighted by Crippen LogP contribution is -2.23. The van der Waals surface area contributed by atoms with Crippen molar-refractivity contribution in [3.8, 4) is 0 Å². The fourth-order valence-electron chi connectivity index (χ4n) is 1.97. The van der Waals surface area contributed by atoms with E-state index < -0.39 is 0 Å². The Bertz CT molecular complexity index is 615. The molecule has 0 saturated heterocycles. The smallest absolute Gasteiger partial charge is 0.150 e. The van der Waals surface area contributed by atoms with Crippen molar-refractivity contribution in [2.75, 3.05) is 0 Å². The van der Waals surface area contributed by atoms with E-state index >= 15 is 0 Å². The summed E-state index contributed by atoms with van der Waals surface area (Å²) in [5.74, 6) is 1.80. The van der Waals surface area contributed by atoms with Gasteiger partial charge in [-0.1, -0.05) is 11.2 Å². The van der Waals surface area contributed by atoms with Gasteiger partial charge in [0.2, 0.25) is 0 Å².